The van der Waals surface area contributed by atoms with Crippen molar-refractivity contribution >= 4 is 49.0 Å². The number of anilines is 2. The van der Waals surface area contributed by atoms with E-state index in [1.54, 1.807) is 91.0 Å². The third kappa shape index (κ3) is 6.98. The van der Waals surface area contributed by atoms with Crippen molar-refractivity contribution in [1.29, 1.82) is 0 Å². The fourth-order valence-electron chi connectivity index (χ4n) is 3.93. The zero-order valence-electron chi connectivity index (χ0n) is 21.1. The van der Waals surface area contributed by atoms with Crippen LogP contribution in [0.3, 0.4) is 0 Å². The van der Waals surface area contributed by atoms with Crippen molar-refractivity contribution in [3.63, 3.8) is 0 Å². The highest BCUT2D eigenvalue weighted by Crippen LogP contribution is 2.28. The van der Waals surface area contributed by atoms with Crippen molar-refractivity contribution in [3.8, 4) is 11.1 Å². The number of hydrogen-bond donors (Lipinski definition) is 2. The average molecular weight is 609 g/mol. The lowest BCUT2D eigenvalue weighted by Crippen LogP contribution is -2.19. The monoisotopic (exact) mass is 608 g/mol. The van der Waals surface area contributed by atoms with Crippen molar-refractivity contribution in [3.05, 3.63) is 112 Å². The summed E-state index contributed by atoms with van der Waals surface area (Å²) in [5, 5.41) is 5.66. The molecule has 4 rings (SSSR count). The van der Waals surface area contributed by atoms with Crippen LogP contribution in [0.1, 0.15) is 26.3 Å². The minimum absolute atomic E-state index is 0.120. The molecule has 8 nitrogen and oxygen atoms in total. The number of rotatable bonds is 9. The highest BCUT2D eigenvalue weighted by Gasteiger charge is 2.17. The van der Waals surface area contributed by atoms with Gasteiger partial charge in [0.2, 0.25) is 0 Å². The van der Waals surface area contributed by atoms with Crippen LogP contribution in [0.5, 0.6) is 0 Å². The van der Waals surface area contributed by atoms with Gasteiger partial charge in [-0.3, -0.25) is 9.59 Å². The quantitative estimate of drug-likeness (QED) is 0.175. The molecule has 0 unspecified atom stereocenters. The Hall–Kier alpha value is -3.83. The Morgan fingerprint density at radius 2 is 1.49 bits per heavy atom. The lowest BCUT2D eigenvalue weighted by atomic mass is 10.0. The summed E-state index contributed by atoms with van der Waals surface area (Å²) >= 11 is 3.41. The van der Waals surface area contributed by atoms with Gasteiger partial charge in [-0.05, 0) is 54.1 Å². The summed E-state index contributed by atoms with van der Waals surface area (Å²) in [6.45, 7) is 0.120. The Labute approximate surface area is 234 Å². The van der Waals surface area contributed by atoms with Gasteiger partial charge in [0.15, 0.2) is 9.84 Å². The molecule has 0 spiro atoms. The minimum atomic E-state index is -3.43. The number of halogens is 1. The zero-order chi connectivity index (χ0) is 28.0. The maximum atomic E-state index is 13.2. The average Bonchev–Trinajstić information content (AvgIpc) is 2.93. The van der Waals surface area contributed by atoms with Crippen LogP contribution in [-0.4, -0.2) is 33.6 Å². The lowest BCUT2D eigenvalue weighted by molar-refractivity contribution is -0.282. The van der Waals surface area contributed by atoms with Gasteiger partial charge >= 0.3 is 0 Å². The first kappa shape index (κ1) is 28.2. The molecule has 4 aromatic rings. The molecule has 0 aliphatic rings. The fraction of sp³-hybridized carbons (Fsp3) is 0.103. The SMILES string of the molecule is COOCc1cc(Br)ccc1NC(=O)c1ccccc1NC(=O)c1ccc(-c2ccccc2S(C)(=O)=O)cc1. The Morgan fingerprint density at radius 1 is 0.821 bits per heavy atom. The molecule has 0 aromatic heterocycles. The maximum Gasteiger partial charge on any atom is 0.257 e. The predicted octanol–water partition coefficient (Wildman–Crippen LogP) is 6.10. The van der Waals surface area contributed by atoms with Crippen LogP contribution < -0.4 is 10.6 Å². The first-order valence-electron chi connectivity index (χ1n) is 11.7. The predicted molar refractivity (Wildman–Crippen MR) is 153 cm³/mol. The highest BCUT2D eigenvalue weighted by atomic mass is 79.9. The second-order valence-electron chi connectivity index (χ2n) is 8.53. The number of para-hydroxylation sites is 1. The number of sulfone groups is 1. The van der Waals surface area contributed by atoms with E-state index in [1.165, 1.54) is 7.11 Å². The summed E-state index contributed by atoms with van der Waals surface area (Å²) in [4.78, 5) is 36.2. The van der Waals surface area contributed by atoms with Crippen molar-refractivity contribution in [2.45, 2.75) is 11.5 Å². The zero-order valence-corrected chi connectivity index (χ0v) is 23.5. The summed E-state index contributed by atoms with van der Waals surface area (Å²) < 4.78 is 25.2. The van der Waals surface area contributed by atoms with Crippen molar-refractivity contribution in [2.75, 3.05) is 24.0 Å². The van der Waals surface area contributed by atoms with Gasteiger partial charge in [-0.25, -0.2) is 18.2 Å². The van der Waals surface area contributed by atoms with Crippen LogP contribution in [0.2, 0.25) is 0 Å². The number of nitrogens with one attached hydrogen (secondary N) is 2. The van der Waals surface area contributed by atoms with E-state index < -0.39 is 21.7 Å². The highest BCUT2D eigenvalue weighted by molar-refractivity contribution is 9.10. The van der Waals surface area contributed by atoms with E-state index >= 15 is 0 Å². The van der Waals surface area contributed by atoms with E-state index in [1.807, 2.05) is 0 Å². The molecule has 0 atom stereocenters. The molecule has 0 heterocycles. The van der Waals surface area contributed by atoms with Gasteiger partial charge in [0.25, 0.3) is 11.8 Å². The van der Waals surface area contributed by atoms with Gasteiger partial charge in [-0.2, -0.15) is 0 Å². The number of amides is 2. The third-order valence-electron chi connectivity index (χ3n) is 5.81. The molecule has 39 heavy (non-hydrogen) atoms. The van der Waals surface area contributed by atoms with E-state index in [9.17, 15) is 18.0 Å². The first-order chi connectivity index (χ1) is 18.7. The molecule has 200 valence electrons. The van der Waals surface area contributed by atoms with E-state index in [4.69, 9.17) is 4.89 Å². The van der Waals surface area contributed by atoms with Crippen molar-refractivity contribution in [1.82, 2.24) is 0 Å². The number of carbonyl (C=O) groups excluding carboxylic acids is 2. The molecule has 0 bridgehead atoms. The van der Waals surface area contributed by atoms with Gasteiger partial charge in [-0.1, -0.05) is 58.4 Å². The molecule has 2 N–H and O–H groups in total. The van der Waals surface area contributed by atoms with E-state index in [0.29, 0.717) is 33.6 Å². The molecule has 2 amide bonds. The standard InChI is InChI=1S/C29H25BrN2O6S/c1-37-38-18-21-17-22(30)15-16-25(21)31-29(34)24-8-3-5-9-26(24)32-28(33)20-13-11-19(12-14-20)23-7-4-6-10-27(23)39(2,35)36/h3-17H,18H2,1-2H3,(H,31,34)(H,32,33). The summed E-state index contributed by atoms with van der Waals surface area (Å²) in [6.07, 6.45) is 1.16. The molecule has 0 saturated carbocycles. The van der Waals surface area contributed by atoms with Crippen LogP contribution in [0.15, 0.2) is 100 Å². The number of hydrogen-bond acceptors (Lipinski definition) is 6. The first-order valence-corrected chi connectivity index (χ1v) is 14.4. The Kier molecular flexibility index (Phi) is 8.93. The minimum Gasteiger partial charge on any atom is -0.322 e. The Bertz CT molecular complexity index is 1620. The van der Waals surface area contributed by atoms with Gasteiger partial charge in [0.1, 0.15) is 6.61 Å². The van der Waals surface area contributed by atoms with Crippen molar-refractivity contribution in [2.24, 2.45) is 0 Å². The van der Waals surface area contributed by atoms with E-state index in [2.05, 4.69) is 31.5 Å². The van der Waals surface area contributed by atoms with Gasteiger partial charge < -0.3 is 10.6 Å². The topological polar surface area (TPSA) is 111 Å². The molecule has 4 aromatic carbocycles. The Balaban J connectivity index is 1.53. The second kappa shape index (κ2) is 12.4. The fourth-order valence-corrected chi connectivity index (χ4v) is 5.25. The molecular formula is C29H25BrN2O6S. The summed E-state index contributed by atoms with van der Waals surface area (Å²) in [7, 11) is -2.03. The molecule has 0 aliphatic carbocycles. The van der Waals surface area contributed by atoms with Crippen LogP contribution in [0, 0.1) is 0 Å². The van der Waals surface area contributed by atoms with Crippen LogP contribution in [0.25, 0.3) is 11.1 Å². The molecule has 0 fully saturated rings. The summed E-state index contributed by atoms with van der Waals surface area (Å²) in [5.41, 5.74) is 3.39. The molecular weight excluding hydrogens is 584 g/mol. The van der Waals surface area contributed by atoms with E-state index in [-0.39, 0.29) is 17.1 Å². The van der Waals surface area contributed by atoms with Gasteiger partial charge in [0, 0.05) is 33.1 Å². The molecule has 0 saturated heterocycles. The molecule has 0 aliphatic heterocycles. The van der Waals surface area contributed by atoms with Crippen LogP contribution in [-0.2, 0) is 26.2 Å². The summed E-state index contributed by atoms with van der Waals surface area (Å²) in [5.74, 6) is -0.837. The smallest absolute Gasteiger partial charge is 0.257 e. The third-order valence-corrected chi connectivity index (χ3v) is 7.46. The van der Waals surface area contributed by atoms with Gasteiger partial charge in [-0.15, -0.1) is 0 Å². The van der Waals surface area contributed by atoms with Crippen LogP contribution in [0.4, 0.5) is 11.4 Å². The van der Waals surface area contributed by atoms with Gasteiger partial charge in [0.05, 0.1) is 23.3 Å². The number of carbonyl (C=O) groups is 2. The molecule has 10 heteroatoms. The lowest BCUT2D eigenvalue weighted by Gasteiger charge is -2.14. The maximum absolute atomic E-state index is 13.2. The normalized spacial score (nSPS) is 11.2. The second-order valence-corrected chi connectivity index (χ2v) is 11.4. The van der Waals surface area contributed by atoms with Crippen LogP contribution >= 0.6 is 15.9 Å². The van der Waals surface area contributed by atoms with E-state index in [0.717, 1.165) is 10.7 Å². The number of benzene rings is 4. The molecule has 0 radical (unpaired) electrons. The summed E-state index contributed by atoms with van der Waals surface area (Å²) in [6, 6.07) is 25.3. The Morgan fingerprint density at radius 3 is 2.21 bits per heavy atom. The largest absolute Gasteiger partial charge is 0.322 e. The van der Waals surface area contributed by atoms with Crippen molar-refractivity contribution < 1.29 is 27.8 Å².